The third-order valence-electron chi connectivity index (χ3n) is 9.93. The molecule has 2 aromatic carbocycles. The molecule has 51 heavy (non-hydrogen) atoms. The summed E-state index contributed by atoms with van der Waals surface area (Å²) in [6.07, 6.45) is 3.51. The number of aliphatic hydroxyl groups is 2. The molecule has 2 aromatic rings. The fourth-order valence-electron chi connectivity index (χ4n) is 7.36. The summed E-state index contributed by atoms with van der Waals surface area (Å²) in [6.45, 7) is 6.61. The summed E-state index contributed by atoms with van der Waals surface area (Å²) in [7, 11) is -4.39. The van der Waals surface area contributed by atoms with Crippen LogP contribution in [0.5, 0.6) is 0 Å². The first-order valence-corrected chi connectivity index (χ1v) is 19.3. The highest BCUT2D eigenvalue weighted by Crippen LogP contribution is 2.46. The molecule has 280 valence electrons. The van der Waals surface area contributed by atoms with E-state index in [0.29, 0.717) is 51.4 Å². The van der Waals surface area contributed by atoms with Crippen molar-refractivity contribution < 1.29 is 37.0 Å². The Morgan fingerprint density at radius 3 is 2.33 bits per heavy atom. The fraction of sp³-hybridized carbons (Fsp3) is 0.526. The van der Waals surface area contributed by atoms with Gasteiger partial charge in [-0.05, 0) is 85.9 Å². The van der Waals surface area contributed by atoms with E-state index in [-0.39, 0.29) is 42.0 Å². The number of allylic oxidation sites excluding steroid dienone is 1. The average Bonchev–Trinajstić information content (AvgIpc) is 3.60. The highest BCUT2D eigenvalue weighted by Gasteiger charge is 2.51. The van der Waals surface area contributed by atoms with Crippen molar-refractivity contribution in [3.63, 3.8) is 0 Å². The Balaban J connectivity index is 1.86. The van der Waals surface area contributed by atoms with Gasteiger partial charge in [0.2, 0.25) is 21.8 Å². The Labute approximate surface area is 300 Å². The zero-order chi connectivity index (χ0) is 37.3. The predicted octanol–water partition coefficient (Wildman–Crippen LogP) is 3.96. The maximum atomic E-state index is 14.5. The second-order valence-corrected chi connectivity index (χ2v) is 15.5. The van der Waals surface area contributed by atoms with Gasteiger partial charge in [-0.2, -0.15) is 4.31 Å². The molecule has 2 aliphatic rings. The first-order chi connectivity index (χ1) is 24.3. The molecule has 0 bridgehead atoms. The molecule has 1 heterocycles. The normalized spacial score (nSPS) is 20.8. The lowest BCUT2D eigenvalue weighted by Gasteiger charge is -2.42. The number of carbonyl (C=O) groups excluding carboxylic acids is 2. The zero-order valence-corrected chi connectivity index (χ0v) is 30.6. The Morgan fingerprint density at radius 1 is 1.06 bits per heavy atom. The third-order valence-corrected chi connectivity index (χ3v) is 11.9. The monoisotopic (exact) mass is 730 g/mol. The second-order valence-electron chi connectivity index (χ2n) is 13.6. The Bertz CT molecular complexity index is 1690. The molecular formula is C38H52F2N4O6S. The van der Waals surface area contributed by atoms with Crippen LogP contribution in [0.1, 0.15) is 69.6 Å². The van der Waals surface area contributed by atoms with Gasteiger partial charge < -0.3 is 26.2 Å². The summed E-state index contributed by atoms with van der Waals surface area (Å²) in [4.78, 5) is 29.3. The SMILES string of the molecule is CCCN(CCC)C(=O)C1=CC(S(=O)(=O)N2CCC[C@@H]2CO)=CC(C(N)=O)([C@H](Cc2cc(F)cc(F)c2)[C@@H](O)CNCc2cccc(CC)c2)C1. The number of amides is 2. The van der Waals surface area contributed by atoms with Crippen molar-refractivity contribution >= 4 is 21.8 Å². The van der Waals surface area contributed by atoms with E-state index in [1.54, 1.807) is 4.90 Å². The van der Waals surface area contributed by atoms with Gasteiger partial charge in [-0.3, -0.25) is 9.59 Å². The molecule has 0 saturated carbocycles. The van der Waals surface area contributed by atoms with Crippen LogP contribution in [0.15, 0.2) is 65.1 Å². The molecule has 4 rings (SSSR count). The van der Waals surface area contributed by atoms with Crippen molar-refractivity contribution in [2.75, 3.05) is 32.8 Å². The molecule has 1 aliphatic carbocycles. The maximum Gasteiger partial charge on any atom is 0.249 e. The summed E-state index contributed by atoms with van der Waals surface area (Å²) in [5.74, 6) is -4.42. The van der Waals surface area contributed by atoms with Crippen LogP contribution in [-0.4, -0.2) is 84.6 Å². The van der Waals surface area contributed by atoms with Gasteiger partial charge in [0.1, 0.15) is 11.6 Å². The molecule has 13 heteroatoms. The summed E-state index contributed by atoms with van der Waals surface area (Å²) >= 11 is 0. The van der Waals surface area contributed by atoms with Gasteiger partial charge in [0, 0.05) is 56.3 Å². The van der Waals surface area contributed by atoms with Gasteiger partial charge in [-0.25, -0.2) is 17.2 Å². The first-order valence-electron chi connectivity index (χ1n) is 17.9. The number of hydrogen-bond acceptors (Lipinski definition) is 7. The molecule has 0 aromatic heterocycles. The summed E-state index contributed by atoms with van der Waals surface area (Å²) in [5.41, 5.74) is 6.44. The lowest BCUT2D eigenvalue weighted by atomic mass is 9.64. The lowest BCUT2D eigenvalue weighted by Crippen LogP contribution is -2.52. The number of halogens is 2. The number of primary amides is 1. The van der Waals surface area contributed by atoms with Crippen LogP contribution in [0.2, 0.25) is 0 Å². The van der Waals surface area contributed by atoms with Crippen LogP contribution in [-0.2, 0) is 39.0 Å². The summed E-state index contributed by atoms with van der Waals surface area (Å²) in [6, 6.07) is 10.1. The fourth-order valence-corrected chi connectivity index (χ4v) is 9.22. The number of nitrogens with one attached hydrogen (secondary N) is 1. The number of aryl methyl sites for hydroxylation is 1. The molecule has 1 unspecified atom stereocenters. The number of nitrogens with two attached hydrogens (primary N) is 1. The van der Waals surface area contributed by atoms with Crippen LogP contribution in [0, 0.1) is 23.0 Å². The van der Waals surface area contributed by atoms with Gasteiger partial charge in [0.05, 0.1) is 23.0 Å². The van der Waals surface area contributed by atoms with Crippen molar-refractivity contribution in [2.24, 2.45) is 17.1 Å². The smallest absolute Gasteiger partial charge is 0.249 e. The van der Waals surface area contributed by atoms with Gasteiger partial charge in [0.25, 0.3) is 0 Å². The third kappa shape index (κ3) is 9.50. The minimum atomic E-state index is -4.39. The van der Waals surface area contributed by atoms with Gasteiger partial charge >= 0.3 is 0 Å². The van der Waals surface area contributed by atoms with Crippen LogP contribution in [0.25, 0.3) is 0 Å². The quantitative estimate of drug-likeness (QED) is 0.181. The Morgan fingerprint density at radius 2 is 1.73 bits per heavy atom. The number of aliphatic hydroxyl groups excluding tert-OH is 2. The standard InChI is InChI=1S/C38H52F2N4O6S/c1-4-12-43(13-5-2)36(47)29-19-33(51(49,50)44-14-8-11-32(44)25-45)22-38(21-29,37(41)48)34(18-28-16-30(39)20-31(40)17-28)35(46)24-42-23-27-10-7-9-26(6-3)15-27/h7,9-10,15-17,19-20,22,32,34-35,42,45-46H,4-6,8,11-14,18,21,23-25H2,1-3H3,(H2,41,48)/t32-,34-,35+,38?/m1/s1. The minimum Gasteiger partial charge on any atom is -0.395 e. The maximum absolute atomic E-state index is 14.5. The van der Waals surface area contributed by atoms with Gasteiger partial charge in [0.15, 0.2) is 0 Å². The van der Waals surface area contributed by atoms with Crippen LogP contribution >= 0.6 is 0 Å². The minimum absolute atomic E-state index is 0.0171. The topological polar surface area (TPSA) is 153 Å². The molecule has 0 spiro atoms. The summed E-state index contributed by atoms with van der Waals surface area (Å²) in [5, 5.41) is 25.2. The van der Waals surface area contributed by atoms with Crippen molar-refractivity contribution in [3.8, 4) is 0 Å². The molecule has 1 aliphatic heterocycles. The van der Waals surface area contributed by atoms with Crippen molar-refractivity contribution in [2.45, 2.75) is 84.4 Å². The number of nitrogens with zero attached hydrogens (tertiary/aromatic N) is 2. The molecule has 1 saturated heterocycles. The number of benzene rings is 2. The average molecular weight is 731 g/mol. The number of rotatable bonds is 18. The van der Waals surface area contributed by atoms with E-state index < -0.39 is 63.6 Å². The number of carbonyl (C=O) groups is 2. The Kier molecular flexibility index (Phi) is 14.1. The molecule has 5 N–H and O–H groups in total. The van der Waals surface area contributed by atoms with E-state index in [1.165, 1.54) is 16.5 Å². The van der Waals surface area contributed by atoms with Crippen LogP contribution in [0.3, 0.4) is 0 Å². The second kappa shape index (κ2) is 17.8. The molecule has 0 radical (unpaired) electrons. The van der Waals surface area contributed by atoms with Crippen molar-refractivity contribution in [1.29, 1.82) is 0 Å². The van der Waals surface area contributed by atoms with E-state index in [2.05, 4.69) is 5.32 Å². The lowest BCUT2D eigenvalue weighted by molar-refractivity contribution is -0.132. The number of hydrogen-bond donors (Lipinski definition) is 4. The zero-order valence-electron chi connectivity index (χ0n) is 29.8. The predicted molar refractivity (Wildman–Crippen MR) is 192 cm³/mol. The van der Waals surface area contributed by atoms with Crippen LogP contribution < -0.4 is 11.1 Å². The van der Waals surface area contributed by atoms with Crippen molar-refractivity contribution in [3.05, 3.63) is 93.4 Å². The van der Waals surface area contributed by atoms with E-state index in [9.17, 15) is 37.0 Å². The van der Waals surface area contributed by atoms with E-state index >= 15 is 0 Å². The molecule has 10 nitrogen and oxygen atoms in total. The van der Waals surface area contributed by atoms with E-state index in [0.717, 1.165) is 29.7 Å². The summed E-state index contributed by atoms with van der Waals surface area (Å²) < 4.78 is 58.8. The van der Waals surface area contributed by atoms with E-state index in [1.807, 2.05) is 45.0 Å². The first kappa shape index (κ1) is 40.3. The molecular weight excluding hydrogens is 679 g/mol. The molecule has 4 atom stereocenters. The molecule has 2 amide bonds. The van der Waals surface area contributed by atoms with Crippen molar-refractivity contribution in [1.82, 2.24) is 14.5 Å². The molecule has 1 fully saturated rings. The van der Waals surface area contributed by atoms with Crippen LogP contribution in [0.4, 0.5) is 8.78 Å². The number of sulfonamides is 1. The highest BCUT2D eigenvalue weighted by molar-refractivity contribution is 7.93. The van der Waals surface area contributed by atoms with E-state index in [4.69, 9.17) is 5.73 Å². The Hall–Kier alpha value is -3.49. The highest BCUT2D eigenvalue weighted by atomic mass is 32.2. The van der Waals surface area contributed by atoms with Gasteiger partial charge in [-0.15, -0.1) is 0 Å². The largest absolute Gasteiger partial charge is 0.395 e. The van der Waals surface area contributed by atoms with Gasteiger partial charge in [-0.1, -0.05) is 45.0 Å².